The fourth-order valence-corrected chi connectivity index (χ4v) is 2.85. The number of hydrogen-bond donors (Lipinski definition) is 2. The molecule has 130 valence electrons. The van der Waals surface area contributed by atoms with E-state index in [4.69, 9.17) is 16.3 Å². The van der Waals surface area contributed by atoms with Gasteiger partial charge in [0, 0.05) is 30.4 Å². The van der Waals surface area contributed by atoms with Crippen molar-refractivity contribution in [2.24, 2.45) is 4.99 Å². The molecule has 2 N–H and O–H groups in total. The van der Waals surface area contributed by atoms with E-state index in [9.17, 15) is 0 Å². The number of ether oxygens (including phenoxy) is 1. The highest BCUT2D eigenvalue weighted by molar-refractivity contribution is 7.09. The summed E-state index contributed by atoms with van der Waals surface area (Å²) in [5.74, 6) is 1.56. The van der Waals surface area contributed by atoms with E-state index in [1.807, 2.05) is 38.1 Å². The number of aryl methyl sites for hydroxylation is 1. The van der Waals surface area contributed by atoms with Crippen molar-refractivity contribution in [2.75, 3.05) is 20.1 Å². The monoisotopic (exact) mass is 366 g/mol. The molecule has 0 fully saturated rings. The molecule has 24 heavy (non-hydrogen) atoms. The van der Waals surface area contributed by atoms with Crippen LogP contribution in [0.25, 0.3) is 0 Å². The molecule has 0 aliphatic carbocycles. The Bertz CT molecular complexity index is 657. The number of nitrogens with one attached hydrogen (secondary N) is 2. The summed E-state index contributed by atoms with van der Waals surface area (Å²) in [7, 11) is 1.76. The summed E-state index contributed by atoms with van der Waals surface area (Å²) in [5.41, 5.74) is 1.11. The molecule has 5 nitrogen and oxygen atoms in total. The first-order valence-corrected chi connectivity index (χ1v) is 9.10. The number of halogens is 1. The molecule has 1 unspecified atom stereocenters. The van der Waals surface area contributed by atoms with Crippen LogP contribution in [0.4, 0.5) is 0 Å². The maximum absolute atomic E-state index is 5.87. The molecule has 1 aromatic heterocycles. The molecule has 2 aromatic rings. The van der Waals surface area contributed by atoms with Gasteiger partial charge >= 0.3 is 0 Å². The Labute approximate surface area is 152 Å². The Morgan fingerprint density at radius 1 is 1.33 bits per heavy atom. The Morgan fingerprint density at radius 3 is 2.71 bits per heavy atom. The summed E-state index contributed by atoms with van der Waals surface area (Å²) < 4.78 is 5.83. The zero-order chi connectivity index (χ0) is 17.4. The maximum atomic E-state index is 5.87. The number of benzene rings is 1. The number of hydrogen-bond acceptors (Lipinski definition) is 4. The molecular formula is C17H23ClN4OS. The van der Waals surface area contributed by atoms with Crippen LogP contribution in [0.5, 0.6) is 5.75 Å². The second kappa shape index (κ2) is 9.49. The Balaban J connectivity index is 1.69. The van der Waals surface area contributed by atoms with Crippen LogP contribution in [0.3, 0.4) is 0 Å². The Hall–Kier alpha value is -1.79. The lowest BCUT2D eigenvalue weighted by molar-refractivity contribution is 0.224. The smallest absolute Gasteiger partial charge is 0.191 e. The van der Waals surface area contributed by atoms with Gasteiger partial charge in [0.2, 0.25) is 0 Å². The van der Waals surface area contributed by atoms with Crippen LogP contribution in [-0.2, 0) is 6.42 Å². The Morgan fingerprint density at radius 2 is 2.08 bits per heavy atom. The van der Waals surface area contributed by atoms with Gasteiger partial charge in [0.05, 0.1) is 17.2 Å². The Kier molecular flexibility index (Phi) is 7.34. The van der Waals surface area contributed by atoms with Crippen LogP contribution in [0.15, 0.2) is 34.6 Å². The van der Waals surface area contributed by atoms with Crippen molar-refractivity contribution >= 4 is 28.9 Å². The van der Waals surface area contributed by atoms with Crippen molar-refractivity contribution in [3.8, 4) is 5.75 Å². The van der Waals surface area contributed by atoms with Crippen LogP contribution in [0.1, 0.15) is 17.6 Å². The zero-order valence-electron chi connectivity index (χ0n) is 14.2. The van der Waals surface area contributed by atoms with Crippen molar-refractivity contribution in [1.82, 2.24) is 15.6 Å². The van der Waals surface area contributed by atoms with E-state index in [2.05, 4.69) is 26.0 Å². The lowest BCUT2D eigenvalue weighted by atomic mass is 10.3. The fraction of sp³-hybridized carbons (Fsp3) is 0.412. The average molecular weight is 367 g/mol. The van der Waals surface area contributed by atoms with Crippen molar-refractivity contribution < 1.29 is 4.74 Å². The molecule has 0 radical (unpaired) electrons. The van der Waals surface area contributed by atoms with Crippen LogP contribution in [0, 0.1) is 6.92 Å². The molecule has 1 aromatic carbocycles. The molecular weight excluding hydrogens is 344 g/mol. The van der Waals surface area contributed by atoms with Gasteiger partial charge in [-0.15, -0.1) is 11.3 Å². The number of aromatic nitrogens is 1. The van der Waals surface area contributed by atoms with E-state index >= 15 is 0 Å². The highest BCUT2D eigenvalue weighted by atomic mass is 35.5. The summed E-state index contributed by atoms with van der Waals surface area (Å²) in [6, 6.07) is 7.36. The average Bonchev–Trinajstić information content (AvgIpc) is 2.98. The van der Waals surface area contributed by atoms with Gasteiger partial charge in [-0.3, -0.25) is 4.99 Å². The summed E-state index contributed by atoms with van der Waals surface area (Å²) in [6.07, 6.45) is 0.882. The summed E-state index contributed by atoms with van der Waals surface area (Å²) in [6.45, 7) is 5.46. The van der Waals surface area contributed by atoms with Gasteiger partial charge in [0.1, 0.15) is 11.9 Å². The standard InChI is InChI=1S/C17H23ClN4OS/c1-12(23-16-6-4-14(18)5-7-16)10-21-17(19-3)20-9-8-15-11-24-13(2)22-15/h4-7,11-12H,8-10H2,1-3H3,(H2,19,20,21). The van der Waals surface area contributed by atoms with E-state index in [0.717, 1.165) is 35.4 Å². The molecule has 1 atom stereocenters. The van der Waals surface area contributed by atoms with Gasteiger partial charge in [-0.25, -0.2) is 4.98 Å². The third-order valence-corrected chi connectivity index (χ3v) is 4.35. The normalized spacial score (nSPS) is 12.8. The molecule has 0 aliphatic rings. The number of thiazole rings is 1. The van der Waals surface area contributed by atoms with Gasteiger partial charge in [-0.1, -0.05) is 11.6 Å². The second-order valence-corrected chi connectivity index (χ2v) is 6.87. The van der Waals surface area contributed by atoms with Gasteiger partial charge < -0.3 is 15.4 Å². The zero-order valence-corrected chi connectivity index (χ0v) is 15.7. The van der Waals surface area contributed by atoms with Gasteiger partial charge in [0.15, 0.2) is 5.96 Å². The minimum Gasteiger partial charge on any atom is -0.489 e. The minimum absolute atomic E-state index is 0.00548. The predicted octanol–water partition coefficient (Wildman–Crippen LogP) is 3.28. The van der Waals surface area contributed by atoms with E-state index in [-0.39, 0.29) is 6.10 Å². The third kappa shape index (κ3) is 6.37. The first-order valence-electron chi connectivity index (χ1n) is 7.84. The molecule has 2 rings (SSSR count). The maximum Gasteiger partial charge on any atom is 0.191 e. The predicted molar refractivity (Wildman–Crippen MR) is 101 cm³/mol. The largest absolute Gasteiger partial charge is 0.489 e. The number of rotatable bonds is 7. The number of guanidine groups is 1. The van der Waals surface area contributed by atoms with Crippen LogP contribution < -0.4 is 15.4 Å². The van der Waals surface area contributed by atoms with Crippen LogP contribution in [0.2, 0.25) is 5.02 Å². The van der Waals surface area contributed by atoms with Gasteiger partial charge in [0.25, 0.3) is 0 Å². The molecule has 0 saturated heterocycles. The highest BCUT2D eigenvalue weighted by Crippen LogP contribution is 2.16. The fourth-order valence-electron chi connectivity index (χ4n) is 2.08. The quantitative estimate of drug-likeness (QED) is 0.583. The van der Waals surface area contributed by atoms with Crippen molar-refractivity contribution in [1.29, 1.82) is 0 Å². The minimum atomic E-state index is 0.00548. The molecule has 0 bridgehead atoms. The van der Waals surface area contributed by atoms with Crippen molar-refractivity contribution in [3.05, 3.63) is 45.4 Å². The molecule has 0 aliphatic heterocycles. The molecule has 1 heterocycles. The summed E-state index contributed by atoms with van der Waals surface area (Å²) in [5, 5.41) is 10.4. The van der Waals surface area contributed by atoms with E-state index in [1.54, 1.807) is 18.4 Å². The first-order chi connectivity index (χ1) is 11.6. The number of nitrogens with zero attached hydrogens (tertiary/aromatic N) is 2. The lowest BCUT2D eigenvalue weighted by Gasteiger charge is -2.17. The van der Waals surface area contributed by atoms with Gasteiger partial charge in [-0.05, 0) is 38.1 Å². The topological polar surface area (TPSA) is 58.5 Å². The molecule has 0 spiro atoms. The second-order valence-electron chi connectivity index (χ2n) is 5.37. The SMILES string of the molecule is CN=C(NCCc1csc(C)n1)NCC(C)Oc1ccc(Cl)cc1. The highest BCUT2D eigenvalue weighted by Gasteiger charge is 2.06. The lowest BCUT2D eigenvalue weighted by Crippen LogP contribution is -2.42. The summed E-state index contributed by atoms with van der Waals surface area (Å²) in [4.78, 5) is 8.67. The number of aliphatic imine (C=N–C) groups is 1. The summed E-state index contributed by atoms with van der Waals surface area (Å²) >= 11 is 7.54. The van der Waals surface area contributed by atoms with Crippen LogP contribution >= 0.6 is 22.9 Å². The van der Waals surface area contributed by atoms with Crippen LogP contribution in [-0.4, -0.2) is 37.2 Å². The van der Waals surface area contributed by atoms with E-state index in [1.165, 1.54) is 0 Å². The molecule has 0 amide bonds. The molecule has 7 heteroatoms. The van der Waals surface area contributed by atoms with E-state index in [0.29, 0.717) is 11.6 Å². The first kappa shape index (κ1) is 18.5. The van der Waals surface area contributed by atoms with Crippen molar-refractivity contribution in [3.63, 3.8) is 0 Å². The molecule has 0 saturated carbocycles. The third-order valence-electron chi connectivity index (χ3n) is 3.27. The van der Waals surface area contributed by atoms with Gasteiger partial charge in [-0.2, -0.15) is 0 Å². The van der Waals surface area contributed by atoms with Crippen molar-refractivity contribution in [2.45, 2.75) is 26.4 Å². The van der Waals surface area contributed by atoms with E-state index < -0.39 is 0 Å².